The SMILES string of the molecule is NCCC(=O)N[C@H](Cc1ccc(Cl)cc1Cl)C(=O)N1CCN(c2ncccc2CNCCc2ccccc2F)CC1. The Morgan fingerprint density at radius 3 is 2.49 bits per heavy atom. The van der Waals surface area contributed by atoms with Gasteiger partial charge in [0.1, 0.15) is 17.7 Å². The predicted molar refractivity (Wildman–Crippen MR) is 161 cm³/mol. The number of aromatic nitrogens is 1. The summed E-state index contributed by atoms with van der Waals surface area (Å²) in [5, 5.41) is 7.18. The topological polar surface area (TPSA) is 104 Å². The molecule has 0 radical (unpaired) electrons. The molecule has 8 nitrogen and oxygen atoms in total. The minimum atomic E-state index is -0.775. The number of anilines is 1. The third kappa shape index (κ3) is 8.63. The highest BCUT2D eigenvalue weighted by atomic mass is 35.5. The summed E-state index contributed by atoms with van der Waals surface area (Å²) < 4.78 is 13.9. The van der Waals surface area contributed by atoms with Gasteiger partial charge < -0.3 is 26.2 Å². The van der Waals surface area contributed by atoms with Crippen LogP contribution in [0.25, 0.3) is 0 Å². The molecular formula is C30H35Cl2FN6O2. The van der Waals surface area contributed by atoms with Crippen molar-refractivity contribution in [3.63, 3.8) is 0 Å². The third-order valence-corrected chi connectivity index (χ3v) is 7.63. The first-order valence-electron chi connectivity index (χ1n) is 13.7. The lowest BCUT2D eigenvalue weighted by atomic mass is 10.0. The van der Waals surface area contributed by atoms with Gasteiger partial charge in [-0.2, -0.15) is 0 Å². The van der Waals surface area contributed by atoms with Gasteiger partial charge >= 0.3 is 0 Å². The van der Waals surface area contributed by atoms with Gasteiger partial charge in [0.2, 0.25) is 11.8 Å². The average Bonchev–Trinajstić information content (AvgIpc) is 2.97. The summed E-state index contributed by atoms with van der Waals surface area (Å²) in [4.78, 5) is 34.5. The summed E-state index contributed by atoms with van der Waals surface area (Å²) in [6.45, 7) is 3.56. The number of nitrogens with two attached hydrogens (primary N) is 1. The Balaban J connectivity index is 1.36. The molecule has 1 aliphatic heterocycles. The highest BCUT2D eigenvalue weighted by Gasteiger charge is 2.30. The molecule has 4 rings (SSSR count). The molecule has 0 unspecified atom stereocenters. The number of amides is 2. The second-order valence-electron chi connectivity index (χ2n) is 9.92. The number of nitrogens with zero attached hydrogens (tertiary/aromatic N) is 3. The molecule has 0 spiro atoms. The fourth-order valence-electron chi connectivity index (χ4n) is 4.86. The van der Waals surface area contributed by atoms with Crippen LogP contribution < -0.4 is 21.3 Å². The van der Waals surface area contributed by atoms with Gasteiger partial charge in [-0.3, -0.25) is 9.59 Å². The van der Waals surface area contributed by atoms with Gasteiger partial charge in [0.05, 0.1) is 0 Å². The molecule has 0 aliphatic carbocycles. The maximum absolute atomic E-state index is 13.9. The highest BCUT2D eigenvalue weighted by molar-refractivity contribution is 6.35. The summed E-state index contributed by atoms with van der Waals surface area (Å²) in [7, 11) is 0. The van der Waals surface area contributed by atoms with E-state index in [4.69, 9.17) is 28.9 Å². The van der Waals surface area contributed by atoms with Crippen molar-refractivity contribution in [2.24, 2.45) is 5.73 Å². The molecule has 1 saturated heterocycles. The standard InChI is InChI=1S/C30H35Cl2FN6O2/c31-24-8-7-22(25(32)19-24)18-27(37-28(40)9-11-34)30(41)39-16-14-38(15-17-39)29-23(5-3-12-36-29)20-35-13-10-21-4-1-2-6-26(21)33/h1-8,12,19,27,35H,9-11,13-18,20,34H2,(H,37,40)/t27-/m1/s1. The maximum Gasteiger partial charge on any atom is 0.245 e. The van der Waals surface area contributed by atoms with Crippen molar-refractivity contribution in [3.05, 3.63) is 93.3 Å². The smallest absolute Gasteiger partial charge is 0.245 e. The zero-order valence-electron chi connectivity index (χ0n) is 22.8. The molecule has 2 amide bonds. The molecule has 0 saturated carbocycles. The minimum absolute atomic E-state index is 0.128. The second kappa shape index (κ2) is 15.1. The van der Waals surface area contributed by atoms with E-state index in [0.717, 1.165) is 16.9 Å². The Labute approximate surface area is 250 Å². The molecule has 4 N–H and O–H groups in total. The van der Waals surface area contributed by atoms with E-state index in [1.165, 1.54) is 6.07 Å². The van der Waals surface area contributed by atoms with Crippen molar-refractivity contribution in [2.75, 3.05) is 44.2 Å². The van der Waals surface area contributed by atoms with Gasteiger partial charge in [-0.25, -0.2) is 9.37 Å². The minimum Gasteiger partial charge on any atom is -0.353 e. The quantitative estimate of drug-likeness (QED) is 0.275. The Hall–Kier alpha value is -3.24. The second-order valence-corrected chi connectivity index (χ2v) is 10.8. The third-order valence-electron chi connectivity index (χ3n) is 7.05. The van der Waals surface area contributed by atoms with Crippen molar-refractivity contribution in [3.8, 4) is 0 Å². The molecule has 2 aromatic carbocycles. The van der Waals surface area contributed by atoms with E-state index < -0.39 is 6.04 Å². The molecule has 1 aliphatic rings. The molecule has 41 heavy (non-hydrogen) atoms. The number of carbonyl (C=O) groups excluding carboxylic acids is 2. The largest absolute Gasteiger partial charge is 0.353 e. The van der Waals surface area contributed by atoms with Crippen molar-refractivity contribution in [1.82, 2.24) is 20.5 Å². The number of hydrogen-bond donors (Lipinski definition) is 3. The van der Waals surface area contributed by atoms with Crippen LogP contribution in [0.15, 0.2) is 60.8 Å². The van der Waals surface area contributed by atoms with Gasteiger partial charge in [-0.05, 0) is 48.4 Å². The van der Waals surface area contributed by atoms with Gasteiger partial charge in [0.15, 0.2) is 0 Å². The molecule has 1 fully saturated rings. The summed E-state index contributed by atoms with van der Waals surface area (Å²) in [6.07, 6.45) is 2.72. The normalized spacial score (nSPS) is 14.1. The summed E-state index contributed by atoms with van der Waals surface area (Å²) >= 11 is 12.4. The Kier molecular flexibility index (Phi) is 11.3. The number of carbonyl (C=O) groups is 2. The van der Waals surface area contributed by atoms with Crippen LogP contribution in [0.1, 0.15) is 23.1 Å². The van der Waals surface area contributed by atoms with E-state index in [1.54, 1.807) is 41.4 Å². The van der Waals surface area contributed by atoms with E-state index in [-0.39, 0.29) is 37.0 Å². The molecule has 218 valence electrons. The molecular weight excluding hydrogens is 566 g/mol. The van der Waals surface area contributed by atoms with Crippen LogP contribution >= 0.6 is 23.2 Å². The maximum atomic E-state index is 13.9. The van der Waals surface area contributed by atoms with Crippen LogP contribution in [-0.2, 0) is 29.0 Å². The zero-order valence-corrected chi connectivity index (χ0v) is 24.3. The lowest BCUT2D eigenvalue weighted by Crippen LogP contribution is -2.56. The van der Waals surface area contributed by atoms with Crippen molar-refractivity contribution >= 4 is 40.8 Å². The predicted octanol–water partition coefficient (Wildman–Crippen LogP) is 3.58. The van der Waals surface area contributed by atoms with Gasteiger partial charge in [-0.15, -0.1) is 0 Å². The summed E-state index contributed by atoms with van der Waals surface area (Å²) in [6, 6.07) is 15.0. The van der Waals surface area contributed by atoms with Crippen LogP contribution in [-0.4, -0.2) is 67.0 Å². The molecule has 2 heterocycles. The molecule has 1 aromatic heterocycles. The Morgan fingerprint density at radius 1 is 1.00 bits per heavy atom. The lowest BCUT2D eigenvalue weighted by molar-refractivity contribution is -0.136. The first-order chi connectivity index (χ1) is 19.9. The van der Waals surface area contributed by atoms with E-state index in [0.29, 0.717) is 61.3 Å². The lowest BCUT2D eigenvalue weighted by Gasteiger charge is -2.37. The van der Waals surface area contributed by atoms with Crippen molar-refractivity contribution in [2.45, 2.75) is 31.8 Å². The highest BCUT2D eigenvalue weighted by Crippen LogP contribution is 2.24. The van der Waals surface area contributed by atoms with Crippen LogP contribution in [0.3, 0.4) is 0 Å². The van der Waals surface area contributed by atoms with Crippen LogP contribution in [0.2, 0.25) is 10.0 Å². The first kappa shape index (κ1) is 30.7. The van der Waals surface area contributed by atoms with Crippen molar-refractivity contribution in [1.29, 1.82) is 0 Å². The fourth-order valence-corrected chi connectivity index (χ4v) is 5.35. The molecule has 1 atom stereocenters. The molecule has 3 aromatic rings. The van der Waals surface area contributed by atoms with Crippen LogP contribution in [0, 0.1) is 5.82 Å². The van der Waals surface area contributed by atoms with Gasteiger partial charge in [0, 0.05) is 73.9 Å². The average molecular weight is 602 g/mol. The van der Waals surface area contributed by atoms with E-state index in [9.17, 15) is 14.0 Å². The van der Waals surface area contributed by atoms with Crippen LogP contribution in [0.5, 0.6) is 0 Å². The van der Waals surface area contributed by atoms with E-state index in [1.807, 2.05) is 18.2 Å². The van der Waals surface area contributed by atoms with E-state index in [2.05, 4.69) is 20.5 Å². The molecule has 11 heteroatoms. The Morgan fingerprint density at radius 2 is 1.76 bits per heavy atom. The van der Waals surface area contributed by atoms with Crippen LogP contribution in [0.4, 0.5) is 10.2 Å². The monoisotopic (exact) mass is 600 g/mol. The molecule has 0 bridgehead atoms. The van der Waals surface area contributed by atoms with Crippen molar-refractivity contribution < 1.29 is 14.0 Å². The number of rotatable bonds is 12. The first-order valence-corrected chi connectivity index (χ1v) is 14.5. The van der Waals surface area contributed by atoms with E-state index >= 15 is 0 Å². The zero-order chi connectivity index (χ0) is 29.2. The van der Waals surface area contributed by atoms with Gasteiger partial charge in [-0.1, -0.05) is 53.5 Å². The number of piperazine rings is 1. The summed E-state index contributed by atoms with van der Waals surface area (Å²) in [5.74, 6) is 0.215. The number of hydrogen-bond acceptors (Lipinski definition) is 6. The summed E-state index contributed by atoms with van der Waals surface area (Å²) in [5.41, 5.74) is 7.99. The number of nitrogens with one attached hydrogen (secondary N) is 2. The number of benzene rings is 2. The number of pyridine rings is 1. The number of halogens is 3. The van der Waals surface area contributed by atoms with Gasteiger partial charge in [0.25, 0.3) is 0 Å². The fraction of sp³-hybridized carbons (Fsp3) is 0.367. The Bertz CT molecular complexity index is 1340.